The first kappa shape index (κ1) is 18.6. The zero-order valence-corrected chi connectivity index (χ0v) is 15.0. The van der Waals surface area contributed by atoms with E-state index in [1.165, 1.54) is 17.7 Å². The van der Waals surface area contributed by atoms with E-state index in [0.29, 0.717) is 11.5 Å². The van der Waals surface area contributed by atoms with Crippen LogP contribution in [0.5, 0.6) is 5.75 Å². The number of nitro benzene ring substituents is 1. The molecule has 0 N–H and O–H groups in total. The van der Waals surface area contributed by atoms with Gasteiger partial charge in [-0.25, -0.2) is 0 Å². The molecule has 0 atom stereocenters. The Morgan fingerprint density at radius 2 is 1.72 bits per heavy atom. The first-order chi connectivity index (χ1) is 11.8. The molecule has 0 saturated carbocycles. The van der Waals surface area contributed by atoms with Crippen LogP contribution in [0.2, 0.25) is 0 Å². The van der Waals surface area contributed by atoms with Gasteiger partial charge in [0.05, 0.1) is 4.92 Å². The lowest BCUT2D eigenvalue weighted by molar-refractivity contribution is -0.386. The highest BCUT2D eigenvalue weighted by atomic mass is 16.6. The van der Waals surface area contributed by atoms with Crippen molar-refractivity contribution in [3.05, 3.63) is 69.3 Å². The summed E-state index contributed by atoms with van der Waals surface area (Å²) in [5.41, 5.74) is 2.30. The lowest BCUT2D eigenvalue weighted by Crippen LogP contribution is -2.08. The van der Waals surface area contributed by atoms with Crippen LogP contribution in [0.15, 0.2) is 42.5 Å². The Labute approximate surface area is 147 Å². The highest BCUT2D eigenvalue weighted by Gasteiger charge is 2.20. The van der Waals surface area contributed by atoms with E-state index in [4.69, 9.17) is 4.74 Å². The molecule has 5 heteroatoms. The summed E-state index contributed by atoms with van der Waals surface area (Å²) in [6.07, 6.45) is 0. The Balaban J connectivity index is 2.18. The monoisotopic (exact) mass is 341 g/mol. The number of nitro groups is 1. The number of Topliss-reactive ketones (excluding diaryl/α,β-unsaturated/α-hetero) is 1. The average Bonchev–Trinajstić information content (AvgIpc) is 2.59. The Kier molecular flexibility index (Phi) is 5.91. The summed E-state index contributed by atoms with van der Waals surface area (Å²) >= 11 is 0. The van der Waals surface area contributed by atoms with Gasteiger partial charge in [-0.05, 0) is 29.2 Å². The molecule has 0 unspecified atom stereocenters. The lowest BCUT2D eigenvalue weighted by atomic mass is 10.0. The summed E-state index contributed by atoms with van der Waals surface area (Å²) in [6, 6.07) is 12.3. The number of hydrogen-bond donors (Lipinski definition) is 0. The predicted molar refractivity (Wildman–Crippen MR) is 97.1 cm³/mol. The van der Waals surface area contributed by atoms with Gasteiger partial charge in [-0.2, -0.15) is 0 Å². The Morgan fingerprint density at radius 1 is 1.08 bits per heavy atom. The third-order valence-electron chi connectivity index (χ3n) is 4.01. The van der Waals surface area contributed by atoms with E-state index in [2.05, 4.69) is 13.8 Å². The van der Waals surface area contributed by atoms with Crippen LogP contribution in [-0.2, 0) is 6.61 Å². The molecule has 0 aromatic heterocycles. The highest BCUT2D eigenvalue weighted by molar-refractivity contribution is 5.98. The number of benzene rings is 2. The second-order valence-corrected chi connectivity index (χ2v) is 6.64. The number of ketones is 1. The van der Waals surface area contributed by atoms with Gasteiger partial charge < -0.3 is 4.74 Å². The van der Waals surface area contributed by atoms with Crippen molar-refractivity contribution in [3.63, 3.8) is 0 Å². The van der Waals surface area contributed by atoms with Crippen molar-refractivity contribution in [2.75, 3.05) is 0 Å². The SMILES string of the molecule is CC(C)C(=O)c1ccc(OCc2ccc(C(C)C)cc2)c([N+](=O)[O-])c1. The molecular weight excluding hydrogens is 318 g/mol. The molecule has 132 valence electrons. The van der Waals surface area contributed by atoms with E-state index in [1.54, 1.807) is 19.9 Å². The first-order valence-corrected chi connectivity index (χ1v) is 8.34. The van der Waals surface area contributed by atoms with E-state index < -0.39 is 4.92 Å². The number of nitrogens with zero attached hydrogens (tertiary/aromatic N) is 1. The molecule has 2 rings (SSSR count). The zero-order chi connectivity index (χ0) is 18.6. The number of carbonyl (C=O) groups is 1. The molecule has 0 radical (unpaired) electrons. The van der Waals surface area contributed by atoms with E-state index in [1.807, 2.05) is 24.3 Å². The van der Waals surface area contributed by atoms with Crippen molar-refractivity contribution in [3.8, 4) is 5.75 Å². The molecule has 0 amide bonds. The summed E-state index contributed by atoms with van der Waals surface area (Å²) in [4.78, 5) is 22.8. The number of ether oxygens (including phenoxy) is 1. The molecule has 0 aliphatic heterocycles. The fraction of sp³-hybridized carbons (Fsp3) is 0.350. The maximum atomic E-state index is 12.0. The van der Waals surface area contributed by atoms with Gasteiger partial charge in [0, 0.05) is 17.5 Å². The molecule has 25 heavy (non-hydrogen) atoms. The smallest absolute Gasteiger partial charge is 0.311 e. The van der Waals surface area contributed by atoms with Crippen LogP contribution in [0.4, 0.5) is 5.69 Å². The van der Waals surface area contributed by atoms with Gasteiger partial charge in [-0.3, -0.25) is 14.9 Å². The van der Waals surface area contributed by atoms with E-state index in [0.717, 1.165) is 5.56 Å². The van der Waals surface area contributed by atoms with Gasteiger partial charge in [0.15, 0.2) is 11.5 Å². The molecule has 0 aliphatic rings. The van der Waals surface area contributed by atoms with Crippen molar-refractivity contribution >= 4 is 11.5 Å². The van der Waals surface area contributed by atoms with Crippen LogP contribution in [0.1, 0.15) is 55.1 Å². The standard InChI is InChI=1S/C20H23NO4/c1-13(2)16-7-5-15(6-8-16)12-25-19-10-9-17(20(22)14(3)4)11-18(19)21(23)24/h5-11,13-14H,12H2,1-4H3. The zero-order valence-electron chi connectivity index (χ0n) is 15.0. The van der Waals surface area contributed by atoms with Crippen LogP contribution in [0.25, 0.3) is 0 Å². The minimum atomic E-state index is -0.520. The summed E-state index contributed by atoms with van der Waals surface area (Å²) in [6.45, 7) is 8.00. The fourth-order valence-electron chi connectivity index (χ4n) is 2.43. The van der Waals surface area contributed by atoms with Crippen molar-refractivity contribution in [2.24, 2.45) is 5.92 Å². The molecule has 5 nitrogen and oxygen atoms in total. The topological polar surface area (TPSA) is 69.4 Å². The number of hydrogen-bond acceptors (Lipinski definition) is 4. The van der Waals surface area contributed by atoms with Crippen LogP contribution in [-0.4, -0.2) is 10.7 Å². The second-order valence-electron chi connectivity index (χ2n) is 6.64. The van der Waals surface area contributed by atoms with Gasteiger partial charge in [0.25, 0.3) is 0 Å². The molecular formula is C20H23NO4. The molecule has 2 aromatic rings. The predicted octanol–water partition coefficient (Wildman–Crippen LogP) is 5.14. The van der Waals surface area contributed by atoms with Crippen molar-refractivity contribution in [1.82, 2.24) is 0 Å². The lowest BCUT2D eigenvalue weighted by Gasteiger charge is -2.10. The Morgan fingerprint density at radius 3 is 2.24 bits per heavy atom. The normalized spacial score (nSPS) is 11.0. The van der Waals surface area contributed by atoms with Crippen LogP contribution < -0.4 is 4.74 Å². The fourth-order valence-corrected chi connectivity index (χ4v) is 2.43. The Bertz CT molecular complexity index is 764. The molecule has 0 aliphatic carbocycles. The Hall–Kier alpha value is -2.69. The molecule has 2 aromatic carbocycles. The van der Waals surface area contributed by atoms with E-state index >= 15 is 0 Å². The summed E-state index contributed by atoms with van der Waals surface area (Å²) in [5, 5.41) is 11.3. The maximum Gasteiger partial charge on any atom is 0.311 e. The minimum absolute atomic E-state index is 0.126. The summed E-state index contributed by atoms with van der Waals surface area (Å²) in [5.74, 6) is 0.269. The molecule has 0 heterocycles. The molecule has 0 saturated heterocycles. The summed E-state index contributed by atoms with van der Waals surface area (Å²) < 4.78 is 5.63. The van der Waals surface area contributed by atoms with Crippen LogP contribution in [0.3, 0.4) is 0 Å². The maximum absolute atomic E-state index is 12.0. The van der Waals surface area contributed by atoms with Gasteiger partial charge in [0.1, 0.15) is 6.61 Å². The van der Waals surface area contributed by atoms with Crippen LogP contribution in [0, 0.1) is 16.0 Å². The summed E-state index contributed by atoms with van der Waals surface area (Å²) in [7, 11) is 0. The number of carbonyl (C=O) groups excluding carboxylic acids is 1. The average molecular weight is 341 g/mol. The first-order valence-electron chi connectivity index (χ1n) is 8.34. The minimum Gasteiger partial charge on any atom is -0.482 e. The molecule has 0 spiro atoms. The van der Waals surface area contributed by atoms with Gasteiger partial charge in [-0.15, -0.1) is 0 Å². The van der Waals surface area contributed by atoms with Crippen molar-refractivity contribution < 1.29 is 14.5 Å². The van der Waals surface area contributed by atoms with Gasteiger partial charge >= 0.3 is 5.69 Å². The third-order valence-corrected chi connectivity index (χ3v) is 4.01. The third kappa shape index (κ3) is 4.66. The molecule has 0 fully saturated rings. The number of rotatable bonds is 7. The van der Waals surface area contributed by atoms with Gasteiger partial charge in [-0.1, -0.05) is 52.0 Å². The van der Waals surface area contributed by atoms with Crippen LogP contribution >= 0.6 is 0 Å². The van der Waals surface area contributed by atoms with E-state index in [-0.39, 0.29) is 29.7 Å². The largest absolute Gasteiger partial charge is 0.482 e. The van der Waals surface area contributed by atoms with Crippen molar-refractivity contribution in [1.29, 1.82) is 0 Å². The highest BCUT2D eigenvalue weighted by Crippen LogP contribution is 2.29. The molecule has 0 bridgehead atoms. The van der Waals surface area contributed by atoms with E-state index in [9.17, 15) is 14.9 Å². The quantitative estimate of drug-likeness (QED) is 0.397. The second kappa shape index (κ2) is 7.92. The van der Waals surface area contributed by atoms with Crippen molar-refractivity contribution in [2.45, 2.75) is 40.2 Å². The van der Waals surface area contributed by atoms with Gasteiger partial charge in [0.2, 0.25) is 0 Å².